The maximum Gasteiger partial charge on any atom is 0.0668 e. The summed E-state index contributed by atoms with van der Waals surface area (Å²) in [5.41, 5.74) is 2.39. The second-order valence-corrected chi connectivity index (χ2v) is 3.40. The standard InChI is InChI=1S/C12H13N/c1-9-8-11-6-4-3-5-7-12(11)13-10(9)2/h3-4,6-8H,5H2,1-2H3. The van der Waals surface area contributed by atoms with Gasteiger partial charge < -0.3 is 0 Å². The van der Waals surface area contributed by atoms with Crippen molar-refractivity contribution in [2.45, 2.75) is 20.3 Å². The maximum atomic E-state index is 4.55. The molecule has 1 heteroatoms. The minimum Gasteiger partial charge on any atom is -0.253 e. The monoisotopic (exact) mass is 171 g/mol. The van der Waals surface area contributed by atoms with Crippen LogP contribution in [0.1, 0.15) is 17.7 Å². The number of hydrogen-bond acceptors (Lipinski definition) is 1. The Morgan fingerprint density at radius 1 is 1.31 bits per heavy atom. The maximum absolute atomic E-state index is 4.55. The van der Waals surface area contributed by atoms with Gasteiger partial charge in [0.1, 0.15) is 0 Å². The SMILES string of the molecule is Cc1cc2c(nc1C)=CCC=CC=2. The molecule has 66 valence electrons. The topological polar surface area (TPSA) is 12.9 Å². The van der Waals surface area contributed by atoms with E-state index in [1.807, 2.05) is 0 Å². The van der Waals surface area contributed by atoms with E-state index in [0.29, 0.717) is 0 Å². The second-order valence-electron chi connectivity index (χ2n) is 3.40. The Kier molecular flexibility index (Phi) is 2.01. The molecular formula is C12H13N. The summed E-state index contributed by atoms with van der Waals surface area (Å²) in [7, 11) is 0. The number of allylic oxidation sites excluding steroid dienone is 2. The van der Waals surface area contributed by atoms with Gasteiger partial charge in [-0.2, -0.15) is 0 Å². The Hall–Kier alpha value is -1.37. The lowest BCUT2D eigenvalue weighted by atomic mass is 10.2. The summed E-state index contributed by atoms with van der Waals surface area (Å²) in [6.45, 7) is 4.16. The van der Waals surface area contributed by atoms with E-state index >= 15 is 0 Å². The van der Waals surface area contributed by atoms with Crippen LogP contribution < -0.4 is 10.6 Å². The average molecular weight is 171 g/mol. The Morgan fingerprint density at radius 2 is 2.15 bits per heavy atom. The van der Waals surface area contributed by atoms with E-state index in [9.17, 15) is 0 Å². The van der Waals surface area contributed by atoms with Gasteiger partial charge in [0, 0.05) is 10.9 Å². The van der Waals surface area contributed by atoms with Gasteiger partial charge in [-0.05, 0) is 31.9 Å². The van der Waals surface area contributed by atoms with Crippen molar-refractivity contribution in [3.63, 3.8) is 0 Å². The van der Waals surface area contributed by atoms with Gasteiger partial charge in [-0.15, -0.1) is 0 Å². The zero-order chi connectivity index (χ0) is 9.26. The van der Waals surface area contributed by atoms with Gasteiger partial charge in [0.15, 0.2) is 0 Å². The molecule has 0 saturated heterocycles. The van der Waals surface area contributed by atoms with E-state index in [1.165, 1.54) is 10.8 Å². The van der Waals surface area contributed by atoms with Crippen LogP contribution in [-0.2, 0) is 0 Å². The number of nitrogens with zero attached hydrogens (tertiary/aromatic N) is 1. The third-order valence-corrected chi connectivity index (χ3v) is 2.39. The lowest BCUT2D eigenvalue weighted by molar-refractivity contribution is 1.09. The first-order valence-corrected chi connectivity index (χ1v) is 4.59. The van der Waals surface area contributed by atoms with Crippen LogP contribution in [0.3, 0.4) is 0 Å². The minimum absolute atomic E-state index is 0.985. The molecule has 0 saturated carbocycles. The zero-order valence-electron chi connectivity index (χ0n) is 8.04. The van der Waals surface area contributed by atoms with Crippen molar-refractivity contribution in [2.75, 3.05) is 0 Å². The molecule has 0 amide bonds. The largest absolute Gasteiger partial charge is 0.253 e. The fraction of sp³-hybridized carbons (Fsp3) is 0.250. The molecule has 1 aliphatic carbocycles. The van der Waals surface area contributed by atoms with Crippen LogP contribution in [-0.4, -0.2) is 4.98 Å². The number of rotatable bonds is 0. The summed E-state index contributed by atoms with van der Waals surface area (Å²) in [4.78, 5) is 4.55. The van der Waals surface area contributed by atoms with E-state index in [4.69, 9.17) is 0 Å². The first-order valence-electron chi connectivity index (χ1n) is 4.59. The lowest BCUT2D eigenvalue weighted by Gasteiger charge is -1.98. The van der Waals surface area contributed by atoms with Crippen LogP contribution in [0.4, 0.5) is 0 Å². The zero-order valence-corrected chi connectivity index (χ0v) is 8.04. The van der Waals surface area contributed by atoms with Crippen LogP contribution in [0.15, 0.2) is 18.2 Å². The van der Waals surface area contributed by atoms with Crippen molar-refractivity contribution in [3.8, 4) is 0 Å². The van der Waals surface area contributed by atoms with Crippen molar-refractivity contribution in [3.05, 3.63) is 40.0 Å². The quantitative estimate of drug-likeness (QED) is 0.572. The molecule has 0 aliphatic heterocycles. The summed E-state index contributed by atoms with van der Waals surface area (Å²) in [5.74, 6) is 0. The molecule has 1 heterocycles. The molecule has 0 spiro atoms. The second kappa shape index (κ2) is 3.17. The predicted molar refractivity (Wildman–Crippen MR) is 55.6 cm³/mol. The molecule has 0 N–H and O–H groups in total. The smallest absolute Gasteiger partial charge is 0.0668 e. The number of hydrogen-bond donors (Lipinski definition) is 0. The molecule has 0 unspecified atom stereocenters. The van der Waals surface area contributed by atoms with Gasteiger partial charge in [-0.25, -0.2) is 0 Å². The van der Waals surface area contributed by atoms with Crippen LogP contribution in [0.25, 0.3) is 12.2 Å². The van der Waals surface area contributed by atoms with Crippen molar-refractivity contribution < 1.29 is 0 Å². The highest BCUT2D eigenvalue weighted by Crippen LogP contribution is 1.96. The summed E-state index contributed by atoms with van der Waals surface area (Å²) in [6, 6.07) is 2.20. The van der Waals surface area contributed by atoms with Crippen LogP contribution >= 0.6 is 0 Å². The van der Waals surface area contributed by atoms with Gasteiger partial charge in [0.2, 0.25) is 0 Å². The average Bonchev–Trinajstić information content (AvgIpc) is 2.31. The van der Waals surface area contributed by atoms with Gasteiger partial charge in [0.25, 0.3) is 0 Å². The van der Waals surface area contributed by atoms with E-state index < -0.39 is 0 Å². The normalized spacial score (nSPS) is 14.0. The predicted octanol–water partition coefficient (Wildman–Crippen LogP) is 1.22. The molecular weight excluding hydrogens is 158 g/mol. The fourth-order valence-electron chi connectivity index (χ4n) is 1.47. The van der Waals surface area contributed by atoms with Crippen molar-refractivity contribution in [1.82, 2.24) is 4.98 Å². The highest BCUT2D eigenvalue weighted by atomic mass is 14.7. The number of aromatic nitrogens is 1. The third kappa shape index (κ3) is 1.55. The first kappa shape index (κ1) is 8.24. The first-order chi connectivity index (χ1) is 6.27. The Balaban J connectivity index is 2.81. The molecule has 1 nitrogen and oxygen atoms in total. The van der Waals surface area contributed by atoms with Crippen molar-refractivity contribution in [1.29, 1.82) is 0 Å². The Labute approximate surface area is 78.1 Å². The van der Waals surface area contributed by atoms with Crippen LogP contribution in [0.5, 0.6) is 0 Å². The van der Waals surface area contributed by atoms with Crippen LogP contribution in [0, 0.1) is 13.8 Å². The fourth-order valence-corrected chi connectivity index (χ4v) is 1.47. The minimum atomic E-state index is 0.985. The molecule has 13 heavy (non-hydrogen) atoms. The number of aryl methyl sites for hydroxylation is 2. The Bertz CT molecular complexity index is 467. The summed E-state index contributed by atoms with van der Waals surface area (Å²) >= 11 is 0. The van der Waals surface area contributed by atoms with E-state index in [1.54, 1.807) is 0 Å². The van der Waals surface area contributed by atoms with Crippen molar-refractivity contribution in [2.24, 2.45) is 0 Å². The number of fused-ring (bicyclic) bond motifs is 1. The lowest BCUT2D eigenvalue weighted by Crippen LogP contribution is -2.28. The van der Waals surface area contributed by atoms with E-state index in [0.717, 1.165) is 17.5 Å². The van der Waals surface area contributed by atoms with E-state index in [2.05, 4.69) is 49.2 Å². The molecule has 0 aromatic carbocycles. The Morgan fingerprint density at radius 3 is 3.00 bits per heavy atom. The molecule has 0 bridgehead atoms. The van der Waals surface area contributed by atoms with Gasteiger partial charge in [-0.3, -0.25) is 4.98 Å². The number of pyridine rings is 1. The molecule has 1 aliphatic rings. The van der Waals surface area contributed by atoms with Crippen molar-refractivity contribution >= 4 is 12.2 Å². The summed E-state index contributed by atoms with van der Waals surface area (Å²) in [5, 5.41) is 2.35. The molecule has 2 rings (SSSR count). The third-order valence-electron chi connectivity index (χ3n) is 2.39. The molecule has 1 aromatic rings. The highest BCUT2D eigenvalue weighted by molar-refractivity contribution is 5.43. The van der Waals surface area contributed by atoms with E-state index in [-0.39, 0.29) is 0 Å². The van der Waals surface area contributed by atoms with Gasteiger partial charge in [-0.1, -0.05) is 24.3 Å². The molecule has 0 fully saturated rings. The summed E-state index contributed by atoms with van der Waals surface area (Å²) < 4.78 is 0. The molecule has 0 radical (unpaired) electrons. The summed E-state index contributed by atoms with van der Waals surface area (Å²) in [6.07, 6.45) is 9.52. The van der Waals surface area contributed by atoms with Gasteiger partial charge in [0.05, 0.1) is 5.35 Å². The van der Waals surface area contributed by atoms with Gasteiger partial charge >= 0.3 is 0 Å². The van der Waals surface area contributed by atoms with Crippen LogP contribution in [0.2, 0.25) is 0 Å². The molecule has 0 atom stereocenters. The molecule has 1 aromatic heterocycles. The highest BCUT2D eigenvalue weighted by Gasteiger charge is 1.95.